The van der Waals surface area contributed by atoms with Crippen LogP contribution in [-0.4, -0.2) is 23.5 Å². The summed E-state index contributed by atoms with van der Waals surface area (Å²) in [5.74, 6) is 0.266. The van der Waals surface area contributed by atoms with E-state index in [4.69, 9.17) is 10.5 Å². The van der Waals surface area contributed by atoms with E-state index in [9.17, 15) is 4.79 Å². The summed E-state index contributed by atoms with van der Waals surface area (Å²) in [4.78, 5) is 13.4. The molecule has 0 aliphatic carbocycles. The Morgan fingerprint density at radius 1 is 1.30 bits per heavy atom. The first kappa shape index (κ1) is 17.5. The molecule has 2 rings (SSSR count). The van der Waals surface area contributed by atoms with E-state index in [1.807, 2.05) is 24.3 Å². The van der Waals surface area contributed by atoms with E-state index in [1.165, 1.54) is 5.56 Å². The predicted octanol–water partition coefficient (Wildman–Crippen LogP) is 3.41. The molecule has 0 unspecified atom stereocenters. The average molecular weight is 332 g/mol. The van der Waals surface area contributed by atoms with Crippen LogP contribution in [0.1, 0.15) is 31.4 Å². The van der Waals surface area contributed by atoms with Gasteiger partial charge in [-0.05, 0) is 41.8 Å². The highest BCUT2D eigenvalue weighted by Crippen LogP contribution is 2.23. The number of ether oxygens (including phenoxy) is 1. The average Bonchev–Trinajstić information content (AvgIpc) is 3.05. The number of nitrogens with zero attached hydrogens (tertiary/aromatic N) is 1. The number of nitrogens with two attached hydrogens (primary N) is 1. The van der Waals surface area contributed by atoms with Gasteiger partial charge >= 0.3 is 0 Å². The normalized spacial score (nSPS) is 12.3. The van der Waals surface area contributed by atoms with Gasteiger partial charge in [0.2, 0.25) is 0 Å². The molecule has 1 aromatic carbocycles. The molecule has 2 aromatic rings. The number of primary amides is 1. The standard InChI is InChI=1S/C18H24N2O2S/c1-3-14(2)20(10-15-8-9-23-13-15)11-16-6-4-5-7-17(16)22-12-18(19)21/h4-9,13-14H,3,10-12H2,1-2H3,(H2,19,21)/t14-/m1/s1. The molecule has 5 heteroatoms. The summed E-state index contributed by atoms with van der Waals surface area (Å²) in [6.07, 6.45) is 1.08. The van der Waals surface area contributed by atoms with Crippen LogP contribution in [0.2, 0.25) is 0 Å². The van der Waals surface area contributed by atoms with Gasteiger partial charge in [0.15, 0.2) is 6.61 Å². The van der Waals surface area contributed by atoms with Gasteiger partial charge < -0.3 is 10.5 Å². The van der Waals surface area contributed by atoms with Gasteiger partial charge in [0.25, 0.3) is 5.91 Å². The summed E-state index contributed by atoms with van der Waals surface area (Å²) in [6.45, 7) is 6.02. The molecule has 2 N–H and O–H groups in total. The summed E-state index contributed by atoms with van der Waals surface area (Å²) in [6, 6.07) is 10.4. The Morgan fingerprint density at radius 3 is 2.74 bits per heavy atom. The maximum atomic E-state index is 11.0. The Hall–Kier alpha value is -1.85. The van der Waals surface area contributed by atoms with Crippen LogP contribution < -0.4 is 10.5 Å². The highest BCUT2D eigenvalue weighted by molar-refractivity contribution is 7.07. The molecule has 1 aromatic heterocycles. The minimum Gasteiger partial charge on any atom is -0.483 e. The number of hydrogen-bond acceptors (Lipinski definition) is 4. The van der Waals surface area contributed by atoms with Crippen molar-refractivity contribution in [3.63, 3.8) is 0 Å². The molecule has 0 saturated heterocycles. The third-order valence-electron chi connectivity index (χ3n) is 3.90. The molecule has 0 spiro atoms. The van der Waals surface area contributed by atoms with Gasteiger partial charge in [0, 0.05) is 24.7 Å². The first-order valence-electron chi connectivity index (χ1n) is 7.84. The second-order valence-electron chi connectivity index (χ2n) is 5.66. The van der Waals surface area contributed by atoms with E-state index in [0.717, 1.165) is 30.8 Å². The molecular weight excluding hydrogens is 308 g/mol. The molecule has 0 aliphatic rings. The van der Waals surface area contributed by atoms with E-state index in [2.05, 4.69) is 35.6 Å². The SMILES string of the molecule is CC[C@@H](C)N(Cc1ccsc1)Cc1ccccc1OCC(N)=O. The summed E-state index contributed by atoms with van der Waals surface area (Å²) in [5.41, 5.74) is 7.58. The van der Waals surface area contributed by atoms with Crippen LogP contribution in [0.5, 0.6) is 5.75 Å². The molecule has 4 nitrogen and oxygen atoms in total. The van der Waals surface area contributed by atoms with Crippen molar-refractivity contribution in [2.24, 2.45) is 5.73 Å². The summed E-state index contributed by atoms with van der Waals surface area (Å²) >= 11 is 1.72. The zero-order chi connectivity index (χ0) is 16.7. The minimum atomic E-state index is -0.461. The molecule has 1 heterocycles. The molecule has 1 amide bonds. The van der Waals surface area contributed by atoms with E-state index < -0.39 is 5.91 Å². The minimum absolute atomic E-state index is 0.0924. The predicted molar refractivity (Wildman–Crippen MR) is 94.5 cm³/mol. The van der Waals surface area contributed by atoms with Gasteiger partial charge in [-0.25, -0.2) is 0 Å². The summed E-state index contributed by atoms with van der Waals surface area (Å²) < 4.78 is 5.55. The topological polar surface area (TPSA) is 55.6 Å². The van der Waals surface area contributed by atoms with E-state index in [1.54, 1.807) is 11.3 Å². The molecule has 0 fully saturated rings. The van der Waals surface area contributed by atoms with Crippen LogP contribution in [0.3, 0.4) is 0 Å². The lowest BCUT2D eigenvalue weighted by Crippen LogP contribution is -2.31. The summed E-state index contributed by atoms with van der Waals surface area (Å²) in [5, 5.41) is 4.29. The lowest BCUT2D eigenvalue weighted by atomic mass is 10.1. The quantitative estimate of drug-likeness (QED) is 0.765. The van der Waals surface area contributed by atoms with Crippen molar-refractivity contribution in [2.75, 3.05) is 6.61 Å². The van der Waals surface area contributed by atoms with Crippen LogP contribution in [-0.2, 0) is 17.9 Å². The molecule has 124 valence electrons. The Morgan fingerprint density at radius 2 is 2.09 bits per heavy atom. The lowest BCUT2D eigenvalue weighted by molar-refractivity contribution is -0.119. The Labute approximate surface area is 141 Å². The fraction of sp³-hybridized carbons (Fsp3) is 0.389. The number of amides is 1. The number of rotatable bonds is 9. The number of benzene rings is 1. The Balaban J connectivity index is 2.13. The summed E-state index contributed by atoms with van der Waals surface area (Å²) in [7, 11) is 0. The second kappa shape index (κ2) is 8.70. The van der Waals surface area contributed by atoms with Gasteiger partial charge in [0.1, 0.15) is 5.75 Å². The van der Waals surface area contributed by atoms with Crippen molar-refractivity contribution in [2.45, 2.75) is 39.4 Å². The van der Waals surface area contributed by atoms with E-state index in [0.29, 0.717) is 6.04 Å². The van der Waals surface area contributed by atoms with Gasteiger partial charge in [-0.2, -0.15) is 11.3 Å². The largest absolute Gasteiger partial charge is 0.483 e. The third-order valence-corrected chi connectivity index (χ3v) is 4.63. The monoisotopic (exact) mass is 332 g/mol. The smallest absolute Gasteiger partial charge is 0.255 e. The molecular formula is C18H24N2O2S. The van der Waals surface area contributed by atoms with Crippen LogP contribution in [0.25, 0.3) is 0 Å². The highest BCUT2D eigenvalue weighted by Gasteiger charge is 2.16. The van der Waals surface area contributed by atoms with Crippen molar-refractivity contribution >= 4 is 17.2 Å². The lowest BCUT2D eigenvalue weighted by Gasteiger charge is -2.29. The zero-order valence-corrected chi connectivity index (χ0v) is 14.5. The van der Waals surface area contributed by atoms with Crippen LogP contribution in [0.4, 0.5) is 0 Å². The number of para-hydroxylation sites is 1. The number of thiophene rings is 1. The number of hydrogen-bond donors (Lipinski definition) is 1. The van der Waals surface area contributed by atoms with E-state index in [-0.39, 0.29) is 6.61 Å². The Bertz CT molecular complexity index is 613. The van der Waals surface area contributed by atoms with Gasteiger partial charge in [-0.1, -0.05) is 25.1 Å². The highest BCUT2D eigenvalue weighted by atomic mass is 32.1. The number of carbonyl (C=O) groups excluding carboxylic acids is 1. The second-order valence-corrected chi connectivity index (χ2v) is 6.44. The molecule has 1 atom stereocenters. The van der Waals surface area contributed by atoms with Gasteiger partial charge in [-0.3, -0.25) is 9.69 Å². The number of carbonyl (C=O) groups is 1. The third kappa shape index (κ3) is 5.37. The fourth-order valence-corrected chi connectivity index (χ4v) is 3.05. The van der Waals surface area contributed by atoms with Crippen molar-refractivity contribution < 1.29 is 9.53 Å². The van der Waals surface area contributed by atoms with Crippen molar-refractivity contribution in [1.82, 2.24) is 4.90 Å². The van der Waals surface area contributed by atoms with Crippen LogP contribution in [0.15, 0.2) is 41.1 Å². The maximum absolute atomic E-state index is 11.0. The molecule has 23 heavy (non-hydrogen) atoms. The van der Waals surface area contributed by atoms with Crippen molar-refractivity contribution in [1.29, 1.82) is 0 Å². The molecule has 0 radical (unpaired) electrons. The zero-order valence-electron chi connectivity index (χ0n) is 13.7. The molecule has 0 bridgehead atoms. The van der Waals surface area contributed by atoms with Crippen LogP contribution >= 0.6 is 11.3 Å². The fourth-order valence-electron chi connectivity index (χ4n) is 2.39. The Kier molecular flexibility index (Phi) is 6.62. The van der Waals surface area contributed by atoms with E-state index >= 15 is 0 Å². The van der Waals surface area contributed by atoms with Crippen LogP contribution in [0, 0.1) is 0 Å². The molecule has 0 saturated carbocycles. The molecule has 0 aliphatic heterocycles. The van der Waals surface area contributed by atoms with Gasteiger partial charge in [0.05, 0.1) is 0 Å². The van der Waals surface area contributed by atoms with Crippen molar-refractivity contribution in [3.05, 3.63) is 52.2 Å². The van der Waals surface area contributed by atoms with Crippen molar-refractivity contribution in [3.8, 4) is 5.75 Å². The van der Waals surface area contributed by atoms with Gasteiger partial charge in [-0.15, -0.1) is 0 Å². The maximum Gasteiger partial charge on any atom is 0.255 e. The first-order valence-corrected chi connectivity index (χ1v) is 8.78. The first-order chi connectivity index (χ1) is 11.1.